The number of aryl methyl sites for hydroxylation is 1. The van der Waals surface area contributed by atoms with Crippen molar-refractivity contribution in [1.29, 1.82) is 0 Å². The molecule has 1 fully saturated rings. The molecule has 2 aromatic rings. The van der Waals surface area contributed by atoms with E-state index >= 15 is 0 Å². The minimum atomic E-state index is -3.41. The Morgan fingerprint density at radius 3 is 2.57 bits per heavy atom. The molecule has 0 aliphatic carbocycles. The quantitative estimate of drug-likeness (QED) is 0.359. The smallest absolute Gasteiger partial charge is 0.220 e. The van der Waals surface area contributed by atoms with Crippen LogP contribution in [0, 0.1) is 6.92 Å². The number of aliphatic imine (C=N–C) groups is 1. The Kier molecular flexibility index (Phi) is 8.19. The predicted octanol–water partition coefficient (Wildman–Crippen LogP) is 1.22. The van der Waals surface area contributed by atoms with Gasteiger partial charge in [0, 0.05) is 57.7 Å². The highest BCUT2D eigenvalue weighted by atomic mass is 127. The van der Waals surface area contributed by atoms with Crippen molar-refractivity contribution in [2.75, 3.05) is 33.2 Å². The van der Waals surface area contributed by atoms with Gasteiger partial charge < -0.3 is 14.7 Å². The summed E-state index contributed by atoms with van der Waals surface area (Å²) in [6.07, 6.45) is 3.21. The third-order valence-electron chi connectivity index (χ3n) is 4.39. The fraction of sp³-hybridized carbons (Fsp3) is 0.471. The van der Waals surface area contributed by atoms with Crippen LogP contribution in [0.5, 0.6) is 0 Å². The molecule has 0 saturated carbocycles. The van der Waals surface area contributed by atoms with E-state index in [0.717, 1.165) is 17.2 Å². The van der Waals surface area contributed by atoms with Crippen molar-refractivity contribution >= 4 is 40.0 Å². The van der Waals surface area contributed by atoms with Crippen molar-refractivity contribution in [1.82, 2.24) is 24.7 Å². The van der Waals surface area contributed by atoms with E-state index in [0.29, 0.717) is 38.4 Å². The van der Waals surface area contributed by atoms with E-state index in [-0.39, 0.29) is 29.7 Å². The first-order chi connectivity index (χ1) is 13.0. The molecule has 0 unspecified atom stereocenters. The molecule has 0 atom stereocenters. The van der Waals surface area contributed by atoms with Crippen molar-refractivity contribution < 1.29 is 12.9 Å². The molecule has 0 aromatic carbocycles. The van der Waals surface area contributed by atoms with Crippen LogP contribution in [-0.4, -0.2) is 66.9 Å². The van der Waals surface area contributed by atoms with Gasteiger partial charge in [-0.05, 0) is 18.6 Å². The number of nitrogens with one attached hydrogen (secondary N) is 1. The molecule has 1 saturated heterocycles. The van der Waals surface area contributed by atoms with Gasteiger partial charge in [0.25, 0.3) is 0 Å². The van der Waals surface area contributed by atoms with Gasteiger partial charge in [0.05, 0.1) is 5.69 Å². The van der Waals surface area contributed by atoms with Crippen LogP contribution in [-0.2, 0) is 22.3 Å². The van der Waals surface area contributed by atoms with Crippen molar-refractivity contribution in [3.05, 3.63) is 47.6 Å². The van der Waals surface area contributed by atoms with E-state index in [9.17, 15) is 8.42 Å². The first-order valence-electron chi connectivity index (χ1n) is 8.72. The maximum absolute atomic E-state index is 12.5. The summed E-state index contributed by atoms with van der Waals surface area (Å²) in [6.45, 7) is 4.53. The molecule has 154 valence electrons. The molecular weight excluding hydrogens is 495 g/mol. The average Bonchev–Trinajstić information content (AvgIpc) is 3.16. The summed E-state index contributed by atoms with van der Waals surface area (Å²) in [5, 5.41) is 7.00. The number of aromatic nitrogens is 2. The van der Waals surface area contributed by atoms with Crippen molar-refractivity contribution in [2.24, 2.45) is 4.99 Å². The molecule has 3 rings (SSSR count). The number of piperazine rings is 1. The molecule has 28 heavy (non-hydrogen) atoms. The van der Waals surface area contributed by atoms with Crippen LogP contribution in [0.15, 0.2) is 40.2 Å². The molecule has 11 heteroatoms. The molecule has 1 aliphatic rings. The third-order valence-corrected chi connectivity index (χ3v) is 6.20. The number of pyridine rings is 1. The molecule has 0 spiro atoms. The number of sulfonamides is 1. The highest BCUT2D eigenvalue weighted by Crippen LogP contribution is 2.13. The largest absolute Gasteiger partial charge is 0.364 e. The second-order valence-electron chi connectivity index (χ2n) is 6.34. The Morgan fingerprint density at radius 1 is 1.25 bits per heavy atom. The van der Waals surface area contributed by atoms with Gasteiger partial charge in [-0.25, -0.2) is 8.42 Å². The van der Waals surface area contributed by atoms with Gasteiger partial charge in [0.15, 0.2) is 5.96 Å². The van der Waals surface area contributed by atoms with E-state index in [1.54, 1.807) is 13.1 Å². The maximum atomic E-state index is 12.5. The first-order valence-corrected chi connectivity index (χ1v) is 10.3. The van der Waals surface area contributed by atoms with Gasteiger partial charge in [-0.2, -0.15) is 4.31 Å². The van der Waals surface area contributed by atoms with Crippen LogP contribution in [0.2, 0.25) is 0 Å². The zero-order chi connectivity index (χ0) is 19.3. The van der Waals surface area contributed by atoms with Crippen molar-refractivity contribution in [3.8, 4) is 0 Å². The monoisotopic (exact) mass is 520 g/mol. The summed E-state index contributed by atoms with van der Waals surface area (Å²) in [5.74, 6) is 0.612. The van der Waals surface area contributed by atoms with Gasteiger partial charge >= 0.3 is 0 Å². The van der Waals surface area contributed by atoms with Crippen LogP contribution in [0.25, 0.3) is 0 Å². The second-order valence-corrected chi connectivity index (χ2v) is 8.31. The molecule has 0 bridgehead atoms. The SMILES string of the molecule is CN=C(NCc1ccc(C)nc1)N1CCN(S(=O)(=O)Cc2ccon2)CC1.I. The van der Waals surface area contributed by atoms with Crippen LogP contribution >= 0.6 is 24.0 Å². The summed E-state index contributed by atoms with van der Waals surface area (Å²) in [4.78, 5) is 10.7. The Bertz CT molecular complexity index is 863. The van der Waals surface area contributed by atoms with Crippen LogP contribution < -0.4 is 5.32 Å². The molecule has 1 aliphatic heterocycles. The van der Waals surface area contributed by atoms with E-state index in [1.807, 2.05) is 25.3 Å². The number of hydrogen-bond acceptors (Lipinski definition) is 6. The Labute approximate surface area is 182 Å². The van der Waals surface area contributed by atoms with Gasteiger partial charge in [0.2, 0.25) is 10.0 Å². The number of halogens is 1. The van der Waals surface area contributed by atoms with E-state index in [1.165, 1.54) is 10.6 Å². The highest BCUT2D eigenvalue weighted by Gasteiger charge is 2.28. The highest BCUT2D eigenvalue weighted by molar-refractivity contribution is 14.0. The zero-order valence-corrected chi connectivity index (χ0v) is 19.1. The minimum absolute atomic E-state index is 0. The third kappa shape index (κ3) is 5.88. The lowest BCUT2D eigenvalue weighted by Crippen LogP contribution is -2.53. The number of nitrogens with zero attached hydrogens (tertiary/aromatic N) is 5. The van der Waals surface area contributed by atoms with E-state index in [2.05, 4.69) is 25.3 Å². The molecule has 1 N–H and O–H groups in total. The molecule has 3 heterocycles. The summed E-state index contributed by atoms with van der Waals surface area (Å²) >= 11 is 0. The summed E-state index contributed by atoms with van der Waals surface area (Å²) in [7, 11) is -1.68. The Morgan fingerprint density at radius 2 is 2.00 bits per heavy atom. The van der Waals surface area contributed by atoms with E-state index in [4.69, 9.17) is 4.52 Å². The fourth-order valence-corrected chi connectivity index (χ4v) is 4.31. The minimum Gasteiger partial charge on any atom is -0.364 e. The number of guanidine groups is 1. The van der Waals surface area contributed by atoms with E-state index < -0.39 is 10.0 Å². The molecule has 0 radical (unpaired) electrons. The van der Waals surface area contributed by atoms with Crippen LogP contribution in [0.3, 0.4) is 0 Å². The topological polar surface area (TPSA) is 104 Å². The van der Waals surface area contributed by atoms with Gasteiger partial charge in [-0.1, -0.05) is 11.2 Å². The lowest BCUT2D eigenvalue weighted by Gasteiger charge is -2.35. The van der Waals surface area contributed by atoms with Gasteiger partial charge in [-0.3, -0.25) is 9.98 Å². The Hall–Kier alpha value is -1.73. The number of hydrogen-bond donors (Lipinski definition) is 1. The normalized spacial score (nSPS) is 15.9. The van der Waals surface area contributed by atoms with Gasteiger partial charge in [0.1, 0.15) is 12.0 Å². The maximum Gasteiger partial charge on any atom is 0.220 e. The van der Waals surface area contributed by atoms with Crippen LogP contribution in [0.1, 0.15) is 17.0 Å². The molecule has 2 aromatic heterocycles. The zero-order valence-electron chi connectivity index (χ0n) is 15.9. The molecular formula is C17H25IN6O3S. The van der Waals surface area contributed by atoms with Gasteiger partial charge in [-0.15, -0.1) is 24.0 Å². The fourth-order valence-electron chi connectivity index (χ4n) is 2.88. The Balaban J connectivity index is 0.00000280. The predicted molar refractivity (Wildman–Crippen MR) is 117 cm³/mol. The van der Waals surface area contributed by atoms with Crippen molar-refractivity contribution in [3.63, 3.8) is 0 Å². The summed E-state index contributed by atoms with van der Waals surface area (Å²) in [5.41, 5.74) is 2.46. The average molecular weight is 520 g/mol. The number of rotatable bonds is 5. The standard InChI is InChI=1S/C17H24N6O3S.HI/c1-14-3-4-15(11-19-14)12-20-17(18-2)22-6-8-23(9-7-22)27(24,25)13-16-5-10-26-21-16;/h3-5,10-11H,6-9,12-13H2,1-2H3,(H,18,20);1H. The molecule has 9 nitrogen and oxygen atoms in total. The lowest BCUT2D eigenvalue weighted by molar-refractivity contribution is 0.259. The first kappa shape index (κ1) is 22.6. The molecule has 0 amide bonds. The second kappa shape index (κ2) is 10.2. The summed E-state index contributed by atoms with van der Waals surface area (Å²) < 4.78 is 31.2. The summed E-state index contributed by atoms with van der Waals surface area (Å²) in [6, 6.07) is 5.56. The van der Waals surface area contributed by atoms with Crippen molar-refractivity contribution in [2.45, 2.75) is 19.2 Å². The van der Waals surface area contributed by atoms with Crippen LogP contribution in [0.4, 0.5) is 0 Å². The lowest BCUT2D eigenvalue weighted by atomic mass is 10.2.